The number of carbonyl (C=O) groups excluding carboxylic acids is 1. The largest absolute Gasteiger partial charge is 0.289 e. The fraction of sp³-hybridized carbons (Fsp3) is 0.238. The number of para-hydroxylation sites is 1. The second kappa shape index (κ2) is 6.77. The number of benzene rings is 2. The number of carbonyl (C=O) groups is 1. The van der Waals surface area contributed by atoms with Crippen molar-refractivity contribution < 1.29 is 4.79 Å². The van der Waals surface area contributed by atoms with Crippen LogP contribution < -0.4 is 4.90 Å². The number of hydrogen-bond donors (Lipinski definition) is 1. The molecule has 5 heteroatoms. The zero-order valence-corrected chi connectivity index (χ0v) is 15.1. The summed E-state index contributed by atoms with van der Waals surface area (Å²) in [6.07, 6.45) is 0. The third kappa shape index (κ3) is 3.02. The molecule has 0 saturated heterocycles. The Bertz CT molecular complexity index is 932. The molecule has 0 unspecified atom stereocenters. The number of aromatic nitrogens is 2. The Morgan fingerprint density at radius 1 is 1.12 bits per heavy atom. The normalized spacial score (nSPS) is 13.6. The van der Waals surface area contributed by atoms with Crippen LogP contribution >= 0.6 is 0 Å². The van der Waals surface area contributed by atoms with Gasteiger partial charge in [-0.05, 0) is 24.1 Å². The molecule has 0 atom stereocenters. The Hall–Kier alpha value is -2.92. The molecule has 1 N–H and O–H groups in total. The van der Waals surface area contributed by atoms with Crippen LogP contribution in [0.4, 0.5) is 11.5 Å². The Balaban J connectivity index is 1.63. The van der Waals surface area contributed by atoms with Crippen LogP contribution in [0.2, 0.25) is 0 Å². The first-order valence-electron chi connectivity index (χ1n) is 8.82. The summed E-state index contributed by atoms with van der Waals surface area (Å²) in [5, 5.41) is 7.61. The number of hydrogen-bond acceptors (Lipinski definition) is 3. The second-order valence-electron chi connectivity index (χ2n) is 6.78. The minimum absolute atomic E-state index is 0.0323. The Labute approximate surface area is 153 Å². The van der Waals surface area contributed by atoms with Gasteiger partial charge in [-0.1, -0.05) is 48.5 Å². The van der Waals surface area contributed by atoms with E-state index in [0.717, 1.165) is 48.0 Å². The van der Waals surface area contributed by atoms with Crippen molar-refractivity contribution in [3.63, 3.8) is 0 Å². The summed E-state index contributed by atoms with van der Waals surface area (Å²) in [6, 6.07) is 18.3. The number of anilines is 2. The quantitative estimate of drug-likeness (QED) is 0.779. The van der Waals surface area contributed by atoms with E-state index < -0.39 is 0 Å². The lowest BCUT2D eigenvalue weighted by atomic mass is 10.1. The van der Waals surface area contributed by atoms with Crippen LogP contribution in [-0.2, 0) is 24.4 Å². The lowest BCUT2D eigenvalue weighted by Gasteiger charge is -2.22. The summed E-state index contributed by atoms with van der Waals surface area (Å²) < 4.78 is 0. The molecule has 1 amide bonds. The Kier molecular flexibility index (Phi) is 4.31. The van der Waals surface area contributed by atoms with Gasteiger partial charge in [-0.2, -0.15) is 5.10 Å². The van der Waals surface area contributed by atoms with Crippen molar-refractivity contribution >= 4 is 17.4 Å². The number of fused-ring (bicyclic) bond motifs is 1. The lowest BCUT2D eigenvalue weighted by Crippen LogP contribution is -2.25. The van der Waals surface area contributed by atoms with E-state index in [1.54, 1.807) is 11.8 Å². The van der Waals surface area contributed by atoms with Gasteiger partial charge in [-0.25, -0.2) is 0 Å². The van der Waals surface area contributed by atoms with Gasteiger partial charge in [-0.15, -0.1) is 0 Å². The maximum Gasteiger partial charge on any atom is 0.229 e. The number of nitrogens with one attached hydrogen (secondary N) is 1. The van der Waals surface area contributed by atoms with E-state index in [1.165, 1.54) is 5.56 Å². The van der Waals surface area contributed by atoms with Crippen LogP contribution in [-0.4, -0.2) is 21.0 Å². The highest BCUT2D eigenvalue weighted by Crippen LogP contribution is 2.35. The zero-order chi connectivity index (χ0) is 18.1. The predicted molar refractivity (Wildman–Crippen MR) is 102 cm³/mol. The molecule has 0 spiro atoms. The highest BCUT2D eigenvalue weighted by Gasteiger charge is 2.30. The van der Waals surface area contributed by atoms with Crippen molar-refractivity contribution in [3.8, 4) is 0 Å². The molecule has 1 aromatic heterocycles. The molecule has 1 aliphatic rings. The lowest BCUT2D eigenvalue weighted by molar-refractivity contribution is -0.115. The van der Waals surface area contributed by atoms with Crippen LogP contribution in [0.1, 0.15) is 29.3 Å². The van der Waals surface area contributed by atoms with Crippen molar-refractivity contribution in [3.05, 3.63) is 77.0 Å². The van der Waals surface area contributed by atoms with Crippen LogP contribution in [0.5, 0.6) is 0 Å². The number of H-pyrrole nitrogens is 1. The first-order chi connectivity index (χ1) is 12.6. The van der Waals surface area contributed by atoms with E-state index in [4.69, 9.17) is 0 Å². The van der Waals surface area contributed by atoms with Crippen LogP contribution in [0.25, 0.3) is 0 Å². The highest BCUT2D eigenvalue weighted by molar-refractivity contribution is 5.99. The van der Waals surface area contributed by atoms with E-state index in [-0.39, 0.29) is 5.91 Å². The fourth-order valence-electron chi connectivity index (χ4n) is 3.58. The van der Waals surface area contributed by atoms with E-state index in [1.807, 2.05) is 37.3 Å². The average molecular weight is 346 g/mol. The maximum atomic E-state index is 12.4. The van der Waals surface area contributed by atoms with E-state index in [2.05, 4.69) is 39.4 Å². The zero-order valence-electron chi connectivity index (χ0n) is 15.1. The van der Waals surface area contributed by atoms with Crippen molar-refractivity contribution in [2.75, 3.05) is 4.90 Å². The molecule has 0 aliphatic carbocycles. The number of aromatic amines is 1. The molecule has 1 aliphatic heterocycles. The number of nitrogens with zero attached hydrogens (tertiary/aromatic N) is 3. The maximum absolute atomic E-state index is 12.4. The minimum Gasteiger partial charge on any atom is -0.289 e. The van der Waals surface area contributed by atoms with Gasteiger partial charge in [-0.3, -0.25) is 19.7 Å². The summed E-state index contributed by atoms with van der Waals surface area (Å²) in [7, 11) is 0. The van der Waals surface area contributed by atoms with E-state index in [0.29, 0.717) is 0 Å². The molecule has 0 fully saturated rings. The third-order valence-corrected chi connectivity index (χ3v) is 4.83. The summed E-state index contributed by atoms with van der Waals surface area (Å²) in [5.41, 5.74) is 5.43. The summed E-state index contributed by atoms with van der Waals surface area (Å²) in [5.74, 6) is 0.687. The molecule has 4 rings (SSSR count). The van der Waals surface area contributed by atoms with Gasteiger partial charge >= 0.3 is 0 Å². The van der Waals surface area contributed by atoms with E-state index >= 15 is 0 Å². The van der Waals surface area contributed by atoms with Crippen molar-refractivity contribution in [2.45, 2.75) is 33.5 Å². The molecule has 26 heavy (non-hydrogen) atoms. The summed E-state index contributed by atoms with van der Waals surface area (Å²) in [4.78, 5) is 16.5. The van der Waals surface area contributed by atoms with E-state index in [9.17, 15) is 4.79 Å². The van der Waals surface area contributed by atoms with Gasteiger partial charge in [0, 0.05) is 32.1 Å². The molecule has 5 nitrogen and oxygen atoms in total. The van der Waals surface area contributed by atoms with Gasteiger partial charge in [0.15, 0.2) is 5.82 Å². The topological polar surface area (TPSA) is 52.2 Å². The first-order valence-corrected chi connectivity index (χ1v) is 8.82. The molecule has 0 radical (unpaired) electrons. The molecule has 0 saturated carbocycles. The van der Waals surface area contributed by atoms with Crippen LogP contribution in [0, 0.1) is 6.92 Å². The average Bonchev–Trinajstić information content (AvgIpc) is 3.19. The van der Waals surface area contributed by atoms with Gasteiger partial charge in [0.05, 0.1) is 11.4 Å². The molecule has 2 aromatic carbocycles. The third-order valence-electron chi connectivity index (χ3n) is 4.83. The Morgan fingerprint density at radius 3 is 2.58 bits per heavy atom. The molecule has 0 bridgehead atoms. The van der Waals surface area contributed by atoms with Crippen LogP contribution in [0.15, 0.2) is 54.6 Å². The standard InChI is InChI=1S/C21H22N4O/c1-15-8-6-7-11-20(15)25(16(2)26)21-18-13-24(14-19(18)22-23-21)12-17-9-4-3-5-10-17/h3-11H,12-14H2,1-2H3,(H,22,23). The number of rotatable bonds is 4. The smallest absolute Gasteiger partial charge is 0.229 e. The second-order valence-corrected chi connectivity index (χ2v) is 6.78. The van der Waals surface area contributed by atoms with Gasteiger partial charge in [0.25, 0.3) is 0 Å². The minimum atomic E-state index is -0.0323. The SMILES string of the molecule is CC(=O)N(c1ccccc1C)c1n[nH]c2c1CN(Cc1ccccc1)C2. The first kappa shape index (κ1) is 16.5. The predicted octanol–water partition coefficient (Wildman–Crippen LogP) is 3.92. The molecule has 3 aromatic rings. The fourth-order valence-corrected chi connectivity index (χ4v) is 3.58. The Morgan fingerprint density at radius 2 is 1.85 bits per heavy atom. The monoisotopic (exact) mass is 346 g/mol. The van der Waals surface area contributed by atoms with Gasteiger partial charge in [0.1, 0.15) is 0 Å². The molecular formula is C21H22N4O. The van der Waals surface area contributed by atoms with Gasteiger partial charge < -0.3 is 0 Å². The summed E-state index contributed by atoms with van der Waals surface area (Å²) in [6.45, 7) is 6.08. The van der Waals surface area contributed by atoms with Gasteiger partial charge in [0.2, 0.25) is 5.91 Å². The van der Waals surface area contributed by atoms with Crippen molar-refractivity contribution in [1.82, 2.24) is 15.1 Å². The molecule has 132 valence electrons. The molecule has 2 heterocycles. The van der Waals surface area contributed by atoms with Crippen LogP contribution in [0.3, 0.4) is 0 Å². The number of aryl methyl sites for hydroxylation is 1. The number of amides is 1. The summed E-state index contributed by atoms with van der Waals surface area (Å²) >= 11 is 0. The molecular weight excluding hydrogens is 324 g/mol. The highest BCUT2D eigenvalue weighted by atomic mass is 16.2. The van der Waals surface area contributed by atoms with Crippen molar-refractivity contribution in [1.29, 1.82) is 0 Å². The van der Waals surface area contributed by atoms with Crippen molar-refractivity contribution in [2.24, 2.45) is 0 Å².